The van der Waals surface area contributed by atoms with E-state index in [2.05, 4.69) is 87.2 Å². The summed E-state index contributed by atoms with van der Waals surface area (Å²) in [5, 5.41) is 0. The highest BCUT2D eigenvalue weighted by Gasteiger charge is 2.23. The van der Waals surface area contributed by atoms with Crippen molar-refractivity contribution in [2.45, 2.75) is 52.2 Å². The molecule has 2 heteroatoms. The van der Waals surface area contributed by atoms with Crippen molar-refractivity contribution in [3.05, 3.63) is 71.3 Å². The largest absolute Gasteiger partial charge is 0.373 e. The van der Waals surface area contributed by atoms with Crippen molar-refractivity contribution < 1.29 is 4.74 Å². The van der Waals surface area contributed by atoms with Gasteiger partial charge in [-0.15, -0.1) is 0 Å². The van der Waals surface area contributed by atoms with Crippen molar-refractivity contribution >= 4 is 0 Å². The number of likely N-dealkylation sites (tertiary alicyclic amines) is 1. The second kappa shape index (κ2) is 8.37. The summed E-state index contributed by atoms with van der Waals surface area (Å²) in [7, 11) is 0. The van der Waals surface area contributed by atoms with E-state index in [1.807, 2.05) is 0 Å². The van der Waals surface area contributed by atoms with E-state index in [1.54, 1.807) is 0 Å². The first kappa shape index (κ1) is 19.1. The summed E-state index contributed by atoms with van der Waals surface area (Å²) in [5.74, 6) is 0.648. The van der Waals surface area contributed by atoms with Gasteiger partial charge in [0, 0.05) is 13.1 Å². The SMILES string of the molecule is CC(OCC1CCN(Cc2ccccc2)C1)c1ccc(C(C)(C)C)cc1. The van der Waals surface area contributed by atoms with Gasteiger partial charge in [0.15, 0.2) is 0 Å². The molecule has 1 saturated heterocycles. The molecule has 0 radical (unpaired) electrons. The predicted octanol–water partition coefficient (Wildman–Crippen LogP) is 5.58. The molecule has 2 atom stereocenters. The van der Waals surface area contributed by atoms with Gasteiger partial charge in [-0.1, -0.05) is 75.4 Å². The van der Waals surface area contributed by atoms with Crippen molar-refractivity contribution in [2.24, 2.45) is 5.92 Å². The fourth-order valence-corrected chi connectivity index (χ4v) is 3.66. The van der Waals surface area contributed by atoms with E-state index >= 15 is 0 Å². The molecular formula is C24H33NO. The molecule has 1 aliphatic heterocycles. The molecule has 3 rings (SSSR count). The quantitative estimate of drug-likeness (QED) is 0.673. The van der Waals surface area contributed by atoms with Crippen molar-refractivity contribution in [2.75, 3.05) is 19.7 Å². The van der Waals surface area contributed by atoms with Gasteiger partial charge < -0.3 is 4.74 Å². The van der Waals surface area contributed by atoms with Crippen molar-refractivity contribution in [1.29, 1.82) is 0 Å². The fourth-order valence-electron chi connectivity index (χ4n) is 3.66. The van der Waals surface area contributed by atoms with Crippen molar-refractivity contribution in [3.8, 4) is 0 Å². The van der Waals surface area contributed by atoms with Gasteiger partial charge in [-0.2, -0.15) is 0 Å². The van der Waals surface area contributed by atoms with Gasteiger partial charge >= 0.3 is 0 Å². The van der Waals surface area contributed by atoms with Gasteiger partial charge in [0.2, 0.25) is 0 Å². The summed E-state index contributed by atoms with van der Waals surface area (Å²) in [5.41, 5.74) is 4.26. The van der Waals surface area contributed by atoms with Crippen LogP contribution in [0.15, 0.2) is 54.6 Å². The summed E-state index contributed by atoms with van der Waals surface area (Å²) in [4.78, 5) is 2.55. The van der Waals surface area contributed by atoms with Crippen LogP contribution in [0.3, 0.4) is 0 Å². The molecule has 2 unspecified atom stereocenters. The zero-order valence-electron chi connectivity index (χ0n) is 16.7. The minimum absolute atomic E-state index is 0.159. The molecule has 0 saturated carbocycles. The normalized spacial score (nSPS) is 19.6. The average molecular weight is 352 g/mol. The van der Waals surface area contributed by atoms with Crippen LogP contribution in [0.4, 0.5) is 0 Å². The lowest BCUT2D eigenvalue weighted by atomic mass is 9.86. The lowest BCUT2D eigenvalue weighted by molar-refractivity contribution is 0.0409. The summed E-state index contributed by atoms with van der Waals surface area (Å²) < 4.78 is 6.21. The molecule has 0 bridgehead atoms. The zero-order chi connectivity index (χ0) is 18.6. The maximum Gasteiger partial charge on any atom is 0.0796 e. The summed E-state index contributed by atoms with van der Waals surface area (Å²) in [6.45, 7) is 13.2. The lowest BCUT2D eigenvalue weighted by Crippen LogP contribution is -2.21. The maximum atomic E-state index is 6.21. The maximum absolute atomic E-state index is 6.21. The zero-order valence-corrected chi connectivity index (χ0v) is 16.7. The van der Waals surface area contributed by atoms with Crippen LogP contribution in [-0.4, -0.2) is 24.6 Å². The van der Waals surface area contributed by atoms with Gasteiger partial charge in [0.1, 0.15) is 0 Å². The number of hydrogen-bond acceptors (Lipinski definition) is 2. The number of nitrogens with zero attached hydrogens (tertiary/aromatic N) is 1. The second-order valence-corrected chi connectivity index (χ2v) is 8.72. The number of benzene rings is 2. The van der Waals surface area contributed by atoms with Gasteiger partial charge in [-0.3, -0.25) is 4.90 Å². The Hall–Kier alpha value is -1.64. The minimum atomic E-state index is 0.159. The van der Waals surface area contributed by atoms with Crippen LogP contribution in [0.1, 0.15) is 56.9 Å². The Labute approximate surface area is 159 Å². The number of ether oxygens (including phenoxy) is 1. The Morgan fingerprint density at radius 2 is 1.73 bits per heavy atom. The Bertz CT molecular complexity index is 672. The van der Waals surface area contributed by atoms with Gasteiger partial charge in [-0.25, -0.2) is 0 Å². The lowest BCUT2D eigenvalue weighted by Gasteiger charge is -2.21. The van der Waals surface area contributed by atoms with Crippen LogP contribution in [0.25, 0.3) is 0 Å². The van der Waals surface area contributed by atoms with E-state index in [9.17, 15) is 0 Å². The third kappa shape index (κ3) is 5.18. The number of hydrogen-bond donors (Lipinski definition) is 0. The first-order valence-corrected chi connectivity index (χ1v) is 9.90. The Morgan fingerprint density at radius 1 is 1.04 bits per heavy atom. The van der Waals surface area contributed by atoms with E-state index in [1.165, 1.54) is 29.7 Å². The molecule has 0 amide bonds. The van der Waals surface area contributed by atoms with Crippen LogP contribution in [0.5, 0.6) is 0 Å². The Morgan fingerprint density at radius 3 is 2.38 bits per heavy atom. The second-order valence-electron chi connectivity index (χ2n) is 8.72. The molecule has 2 nitrogen and oxygen atoms in total. The third-order valence-corrected chi connectivity index (χ3v) is 5.45. The highest BCUT2D eigenvalue weighted by Crippen LogP contribution is 2.26. The van der Waals surface area contributed by atoms with Crippen LogP contribution < -0.4 is 0 Å². The third-order valence-electron chi connectivity index (χ3n) is 5.45. The monoisotopic (exact) mass is 351 g/mol. The topological polar surface area (TPSA) is 12.5 Å². The molecule has 0 spiro atoms. The van der Waals surface area contributed by atoms with Gasteiger partial charge in [0.25, 0.3) is 0 Å². The molecule has 140 valence electrons. The molecule has 26 heavy (non-hydrogen) atoms. The Kier molecular flexibility index (Phi) is 6.16. The van der Waals surface area contributed by atoms with E-state index in [0.717, 1.165) is 19.7 Å². The highest BCUT2D eigenvalue weighted by molar-refractivity contribution is 5.28. The molecule has 1 aliphatic rings. The average Bonchev–Trinajstić information content (AvgIpc) is 3.07. The van der Waals surface area contributed by atoms with Crippen molar-refractivity contribution in [1.82, 2.24) is 4.90 Å². The highest BCUT2D eigenvalue weighted by atomic mass is 16.5. The standard InChI is InChI=1S/C24H33NO/c1-19(22-10-12-23(13-11-22)24(2,3)4)26-18-21-14-15-25(17-21)16-20-8-6-5-7-9-20/h5-13,19,21H,14-18H2,1-4H3. The van der Waals surface area contributed by atoms with Crippen molar-refractivity contribution in [3.63, 3.8) is 0 Å². The summed E-state index contributed by atoms with van der Waals surface area (Å²) in [6.07, 6.45) is 1.40. The molecular weight excluding hydrogens is 318 g/mol. The molecule has 0 aliphatic carbocycles. The van der Waals surface area contributed by atoms with E-state index < -0.39 is 0 Å². The van der Waals surface area contributed by atoms with Gasteiger partial charge in [0.05, 0.1) is 12.7 Å². The predicted molar refractivity (Wildman–Crippen MR) is 109 cm³/mol. The van der Waals surface area contributed by atoms with E-state index in [-0.39, 0.29) is 11.5 Å². The minimum Gasteiger partial charge on any atom is -0.373 e. The Balaban J connectivity index is 1.45. The van der Waals surface area contributed by atoms with Crippen LogP contribution in [0, 0.1) is 5.92 Å². The van der Waals surface area contributed by atoms with Gasteiger partial charge in [-0.05, 0) is 47.9 Å². The molecule has 1 heterocycles. The number of rotatable bonds is 6. The molecule has 1 fully saturated rings. The molecule has 2 aromatic carbocycles. The first-order valence-electron chi connectivity index (χ1n) is 9.90. The molecule has 2 aromatic rings. The first-order chi connectivity index (χ1) is 12.4. The smallest absolute Gasteiger partial charge is 0.0796 e. The summed E-state index contributed by atoms with van der Waals surface area (Å²) >= 11 is 0. The van der Waals surface area contributed by atoms with Crippen LogP contribution in [0.2, 0.25) is 0 Å². The molecule has 0 N–H and O–H groups in total. The fraction of sp³-hybridized carbons (Fsp3) is 0.500. The summed E-state index contributed by atoms with van der Waals surface area (Å²) in [6, 6.07) is 19.7. The van der Waals surface area contributed by atoms with Crippen LogP contribution >= 0.6 is 0 Å². The van der Waals surface area contributed by atoms with E-state index in [0.29, 0.717) is 5.92 Å². The van der Waals surface area contributed by atoms with E-state index in [4.69, 9.17) is 4.74 Å². The van der Waals surface area contributed by atoms with Crippen LogP contribution in [-0.2, 0) is 16.7 Å². The molecule has 0 aromatic heterocycles.